The Kier molecular flexibility index (Phi) is 2.26. The van der Waals surface area contributed by atoms with Crippen LogP contribution in [-0.4, -0.2) is 20.5 Å². The van der Waals surface area contributed by atoms with Gasteiger partial charge in [0.25, 0.3) is 0 Å². The molecule has 0 unspecified atom stereocenters. The average Bonchev–Trinajstić information content (AvgIpc) is 2.55. The van der Waals surface area contributed by atoms with Crippen molar-refractivity contribution in [3.8, 4) is 0 Å². The predicted octanol–water partition coefficient (Wildman–Crippen LogP) is 0.992. The fourth-order valence-electron chi connectivity index (χ4n) is 1.06. The van der Waals surface area contributed by atoms with Crippen LogP contribution in [0.15, 0.2) is 12.7 Å². The quantitative estimate of drug-likeness (QED) is 0.674. The lowest BCUT2D eigenvalue weighted by Crippen LogP contribution is -2.35. The van der Waals surface area contributed by atoms with Gasteiger partial charge in [-0.1, -0.05) is 6.92 Å². The molecule has 0 saturated carbocycles. The van der Waals surface area contributed by atoms with E-state index in [1.807, 2.05) is 20.8 Å². The highest BCUT2D eigenvalue weighted by molar-refractivity contribution is 5.85. The van der Waals surface area contributed by atoms with Crippen LogP contribution in [0.3, 0.4) is 0 Å². The van der Waals surface area contributed by atoms with Gasteiger partial charge in [-0.3, -0.25) is 4.79 Å². The van der Waals surface area contributed by atoms with E-state index in [1.54, 1.807) is 11.0 Å². The molecular weight excluding hydrogens is 154 g/mol. The molecule has 66 valence electrons. The summed E-state index contributed by atoms with van der Waals surface area (Å²) in [5.74, 6) is 0.160. The first kappa shape index (κ1) is 8.90. The van der Waals surface area contributed by atoms with E-state index in [0.29, 0.717) is 6.42 Å². The first-order valence-corrected chi connectivity index (χ1v) is 3.97. The first-order chi connectivity index (χ1) is 5.59. The van der Waals surface area contributed by atoms with Gasteiger partial charge in [-0.05, 0) is 13.8 Å². The van der Waals surface area contributed by atoms with Crippen molar-refractivity contribution >= 4 is 5.78 Å². The molecule has 12 heavy (non-hydrogen) atoms. The summed E-state index contributed by atoms with van der Waals surface area (Å²) < 4.78 is 1.58. The zero-order valence-corrected chi connectivity index (χ0v) is 7.61. The number of carbonyl (C=O) groups excluding carboxylic acids is 1. The SMILES string of the molecule is CCC(=O)C(C)(C)n1cncn1. The lowest BCUT2D eigenvalue weighted by molar-refractivity contribution is -0.126. The smallest absolute Gasteiger partial charge is 0.159 e. The minimum absolute atomic E-state index is 0.160. The third-order valence-electron chi connectivity index (χ3n) is 1.99. The van der Waals surface area contributed by atoms with Gasteiger partial charge in [-0.2, -0.15) is 5.10 Å². The van der Waals surface area contributed by atoms with Crippen molar-refractivity contribution in [2.45, 2.75) is 32.7 Å². The Bertz CT molecular complexity index is 264. The van der Waals surface area contributed by atoms with Gasteiger partial charge in [0.2, 0.25) is 0 Å². The summed E-state index contributed by atoms with van der Waals surface area (Å²) in [6.07, 6.45) is 3.52. The Morgan fingerprint density at radius 3 is 2.67 bits per heavy atom. The molecule has 0 saturated heterocycles. The van der Waals surface area contributed by atoms with Gasteiger partial charge >= 0.3 is 0 Å². The molecule has 0 aliphatic rings. The number of ketones is 1. The number of hydrogen-bond donors (Lipinski definition) is 0. The highest BCUT2D eigenvalue weighted by Crippen LogP contribution is 2.15. The highest BCUT2D eigenvalue weighted by Gasteiger charge is 2.28. The predicted molar refractivity (Wildman–Crippen MR) is 44.6 cm³/mol. The third kappa shape index (κ3) is 1.37. The summed E-state index contributed by atoms with van der Waals surface area (Å²) in [4.78, 5) is 15.2. The van der Waals surface area contributed by atoms with Gasteiger partial charge in [0.05, 0.1) is 0 Å². The summed E-state index contributed by atoms with van der Waals surface area (Å²) in [6, 6.07) is 0. The second-order valence-corrected chi connectivity index (χ2v) is 3.18. The van der Waals surface area contributed by atoms with E-state index < -0.39 is 5.54 Å². The van der Waals surface area contributed by atoms with Crippen molar-refractivity contribution in [1.29, 1.82) is 0 Å². The van der Waals surface area contributed by atoms with E-state index in [4.69, 9.17) is 0 Å². The fourth-order valence-corrected chi connectivity index (χ4v) is 1.06. The molecule has 0 amide bonds. The van der Waals surface area contributed by atoms with Crippen molar-refractivity contribution in [2.24, 2.45) is 0 Å². The molecule has 0 spiro atoms. The number of Topliss-reactive ketones (excluding diaryl/α,β-unsaturated/α-hetero) is 1. The zero-order chi connectivity index (χ0) is 9.19. The van der Waals surface area contributed by atoms with Crippen LogP contribution in [0, 0.1) is 0 Å². The van der Waals surface area contributed by atoms with Gasteiger partial charge in [-0.25, -0.2) is 9.67 Å². The molecule has 4 nitrogen and oxygen atoms in total. The maximum absolute atomic E-state index is 11.4. The van der Waals surface area contributed by atoms with Crippen LogP contribution in [0.5, 0.6) is 0 Å². The monoisotopic (exact) mass is 167 g/mol. The second kappa shape index (κ2) is 3.05. The molecule has 0 aliphatic heterocycles. The zero-order valence-electron chi connectivity index (χ0n) is 7.61. The van der Waals surface area contributed by atoms with E-state index in [1.165, 1.54) is 6.33 Å². The fraction of sp³-hybridized carbons (Fsp3) is 0.625. The molecule has 1 rings (SSSR count). The summed E-state index contributed by atoms with van der Waals surface area (Å²) in [6.45, 7) is 5.53. The molecule has 1 aromatic heterocycles. The minimum Gasteiger partial charge on any atom is -0.297 e. The molecule has 0 radical (unpaired) electrons. The van der Waals surface area contributed by atoms with Gasteiger partial charge in [-0.15, -0.1) is 0 Å². The van der Waals surface area contributed by atoms with Crippen LogP contribution in [0.25, 0.3) is 0 Å². The van der Waals surface area contributed by atoms with E-state index in [2.05, 4.69) is 10.1 Å². The van der Waals surface area contributed by atoms with Crippen LogP contribution < -0.4 is 0 Å². The highest BCUT2D eigenvalue weighted by atomic mass is 16.1. The summed E-state index contributed by atoms with van der Waals surface area (Å²) in [5.41, 5.74) is -0.564. The number of hydrogen-bond acceptors (Lipinski definition) is 3. The molecule has 0 aliphatic carbocycles. The number of nitrogens with zero attached hydrogens (tertiary/aromatic N) is 3. The Labute approximate surface area is 71.6 Å². The maximum Gasteiger partial charge on any atom is 0.159 e. The van der Waals surface area contributed by atoms with Crippen LogP contribution in [0.1, 0.15) is 27.2 Å². The molecule has 4 heteroatoms. The molecule has 0 aromatic carbocycles. The molecule has 0 N–H and O–H groups in total. The molecule has 0 fully saturated rings. The van der Waals surface area contributed by atoms with E-state index in [-0.39, 0.29) is 5.78 Å². The van der Waals surface area contributed by atoms with Crippen LogP contribution >= 0.6 is 0 Å². The van der Waals surface area contributed by atoms with Gasteiger partial charge < -0.3 is 0 Å². The normalized spacial score (nSPS) is 11.6. The average molecular weight is 167 g/mol. The van der Waals surface area contributed by atoms with Gasteiger partial charge in [0.1, 0.15) is 18.2 Å². The Balaban J connectivity index is 2.93. The maximum atomic E-state index is 11.4. The molecular formula is C8H13N3O. The standard InChI is InChI=1S/C8H13N3O/c1-4-7(12)8(2,3)11-6-9-5-10-11/h5-6H,4H2,1-3H3. The third-order valence-corrected chi connectivity index (χ3v) is 1.99. The Hall–Kier alpha value is -1.19. The number of aromatic nitrogens is 3. The number of carbonyl (C=O) groups is 1. The van der Waals surface area contributed by atoms with Gasteiger partial charge in [0.15, 0.2) is 5.78 Å². The van der Waals surface area contributed by atoms with Crippen molar-refractivity contribution in [3.05, 3.63) is 12.7 Å². The lowest BCUT2D eigenvalue weighted by Gasteiger charge is -2.22. The molecule has 0 atom stereocenters. The molecule has 1 heterocycles. The van der Waals surface area contributed by atoms with Crippen molar-refractivity contribution in [3.63, 3.8) is 0 Å². The van der Waals surface area contributed by atoms with Crippen molar-refractivity contribution < 1.29 is 4.79 Å². The van der Waals surface area contributed by atoms with E-state index in [0.717, 1.165) is 0 Å². The summed E-state index contributed by atoms with van der Waals surface area (Å²) >= 11 is 0. The topological polar surface area (TPSA) is 47.8 Å². The van der Waals surface area contributed by atoms with Crippen LogP contribution in [0.2, 0.25) is 0 Å². The van der Waals surface area contributed by atoms with Crippen LogP contribution in [-0.2, 0) is 10.3 Å². The minimum atomic E-state index is -0.564. The first-order valence-electron chi connectivity index (χ1n) is 3.97. The van der Waals surface area contributed by atoms with E-state index >= 15 is 0 Å². The summed E-state index contributed by atoms with van der Waals surface area (Å²) in [7, 11) is 0. The molecule has 0 bridgehead atoms. The Morgan fingerprint density at radius 1 is 1.58 bits per heavy atom. The van der Waals surface area contributed by atoms with Crippen LogP contribution in [0.4, 0.5) is 0 Å². The van der Waals surface area contributed by atoms with E-state index in [9.17, 15) is 4.79 Å². The largest absolute Gasteiger partial charge is 0.297 e. The summed E-state index contributed by atoms with van der Waals surface area (Å²) in [5, 5.41) is 3.94. The molecule has 1 aromatic rings. The Morgan fingerprint density at radius 2 is 2.25 bits per heavy atom. The second-order valence-electron chi connectivity index (χ2n) is 3.18. The number of rotatable bonds is 3. The van der Waals surface area contributed by atoms with Gasteiger partial charge in [0, 0.05) is 6.42 Å². The van der Waals surface area contributed by atoms with Crippen molar-refractivity contribution in [2.75, 3.05) is 0 Å². The lowest BCUT2D eigenvalue weighted by atomic mass is 9.98. The van der Waals surface area contributed by atoms with Crippen molar-refractivity contribution in [1.82, 2.24) is 14.8 Å².